The lowest BCUT2D eigenvalue weighted by molar-refractivity contribution is 0.0921. The van der Waals surface area contributed by atoms with Crippen molar-refractivity contribution in [1.82, 2.24) is 9.13 Å². The lowest BCUT2D eigenvalue weighted by atomic mass is 10.3. The van der Waals surface area contributed by atoms with Crippen molar-refractivity contribution in [2.75, 3.05) is 6.61 Å². The number of aliphatic hydroxyl groups is 1. The van der Waals surface area contributed by atoms with Gasteiger partial charge >= 0.3 is 0 Å². The van der Waals surface area contributed by atoms with Crippen LogP contribution in [-0.4, -0.2) is 27.0 Å². The van der Waals surface area contributed by atoms with Crippen LogP contribution in [0.4, 0.5) is 0 Å². The highest BCUT2D eigenvalue weighted by Gasteiger charge is 2.14. The first-order valence-corrected chi connectivity index (χ1v) is 8.75. The van der Waals surface area contributed by atoms with Gasteiger partial charge in [0.05, 0.1) is 22.6 Å². The fourth-order valence-electron chi connectivity index (χ4n) is 2.84. The second kappa shape index (κ2) is 7.52. The number of para-hydroxylation sites is 2. The summed E-state index contributed by atoms with van der Waals surface area (Å²) in [5.74, 6) is 0.470. The summed E-state index contributed by atoms with van der Waals surface area (Å²) in [6, 6.07) is 12.7. The zero-order chi connectivity index (χ0) is 18.0. The molecule has 0 spiro atoms. The summed E-state index contributed by atoms with van der Waals surface area (Å²) in [6.45, 7) is 3.02. The molecule has 1 heterocycles. The molecule has 0 bridgehead atoms. The number of rotatable bonds is 6. The maximum Gasteiger partial charge on any atom is 0.203 e. The zero-order valence-corrected chi connectivity index (χ0v) is 15.3. The molecule has 1 atom stereocenters. The minimum atomic E-state index is -0.781. The molecule has 0 aliphatic rings. The average Bonchev–Trinajstić information content (AvgIpc) is 2.86. The van der Waals surface area contributed by atoms with Crippen LogP contribution in [-0.2, 0) is 13.1 Å². The van der Waals surface area contributed by atoms with Crippen LogP contribution in [0.1, 0.15) is 6.92 Å². The van der Waals surface area contributed by atoms with E-state index in [4.69, 9.17) is 33.3 Å². The van der Waals surface area contributed by atoms with Crippen LogP contribution in [0.5, 0.6) is 5.75 Å². The molecule has 0 aliphatic carbocycles. The minimum absolute atomic E-state index is 0.0689. The van der Waals surface area contributed by atoms with Crippen LogP contribution < -0.4 is 10.4 Å². The Balaban J connectivity index is 1.77. The van der Waals surface area contributed by atoms with Crippen molar-refractivity contribution in [2.24, 2.45) is 0 Å². The standard InChI is InChI=1S/C18H19Cl2N3O2/c1-2-22-15-5-3-4-6-16(15)23(18(22)21)10-13(24)11-25-17-8-7-12(19)9-14(17)20/h3-9,13,21,24H,2,10-11H2,1H3/t13-/m1/s1. The average molecular weight is 380 g/mol. The highest BCUT2D eigenvalue weighted by Crippen LogP contribution is 2.27. The van der Waals surface area contributed by atoms with Crippen molar-refractivity contribution in [2.45, 2.75) is 26.1 Å². The number of imidazole rings is 1. The Morgan fingerprint density at radius 1 is 1.12 bits per heavy atom. The van der Waals surface area contributed by atoms with E-state index in [1.54, 1.807) is 22.8 Å². The molecule has 3 aromatic rings. The summed E-state index contributed by atoms with van der Waals surface area (Å²) in [7, 11) is 0. The van der Waals surface area contributed by atoms with Crippen molar-refractivity contribution in [3.05, 3.63) is 58.1 Å². The van der Waals surface area contributed by atoms with Gasteiger partial charge in [0.1, 0.15) is 18.5 Å². The molecule has 0 saturated heterocycles. The number of hydrogen-bond acceptors (Lipinski definition) is 3. The third kappa shape index (κ3) is 3.68. The van der Waals surface area contributed by atoms with E-state index in [0.717, 1.165) is 11.0 Å². The topological polar surface area (TPSA) is 63.2 Å². The first kappa shape index (κ1) is 17.9. The third-order valence-corrected chi connectivity index (χ3v) is 4.54. The lowest BCUT2D eigenvalue weighted by Gasteiger charge is -2.14. The smallest absolute Gasteiger partial charge is 0.203 e. The first-order valence-electron chi connectivity index (χ1n) is 7.99. The van der Waals surface area contributed by atoms with Gasteiger partial charge in [0.15, 0.2) is 0 Å². The van der Waals surface area contributed by atoms with E-state index >= 15 is 0 Å². The number of aliphatic hydroxyl groups excluding tert-OH is 1. The highest BCUT2D eigenvalue weighted by atomic mass is 35.5. The second-order valence-electron chi connectivity index (χ2n) is 5.71. The molecule has 5 nitrogen and oxygen atoms in total. The molecule has 0 aliphatic heterocycles. The van der Waals surface area contributed by atoms with Crippen LogP contribution in [0.25, 0.3) is 11.0 Å². The number of aromatic nitrogens is 2. The molecule has 0 saturated carbocycles. The molecule has 132 valence electrons. The number of halogens is 2. The molecule has 0 fully saturated rings. The number of fused-ring (bicyclic) bond motifs is 1. The quantitative estimate of drug-likeness (QED) is 0.685. The Morgan fingerprint density at radius 3 is 2.44 bits per heavy atom. The van der Waals surface area contributed by atoms with Gasteiger partial charge < -0.3 is 19.0 Å². The molecular weight excluding hydrogens is 361 g/mol. The first-order chi connectivity index (χ1) is 12.0. The van der Waals surface area contributed by atoms with Gasteiger partial charge in [-0.05, 0) is 37.3 Å². The molecule has 1 aromatic heterocycles. The maximum absolute atomic E-state index is 10.4. The molecule has 2 aromatic carbocycles. The molecule has 0 amide bonds. The predicted octanol–water partition coefficient (Wildman–Crippen LogP) is 3.69. The summed E-state index contributed by atoms with van der Waals surface area (Å²) in [5, 5.41) is 19.7. The summed E-state index contributed by atoms with van der Waals surface area (Å²) >= 11 is 11.9. The highest BCUT2D eigenvalue weighted by molar-refractivity contribution is 6.35. The van der Waals surface area contributed by atoms with Crippen LogP contribution in [0, 0.1) is 5.41 Å². The molecule has 0 radical (unpaired) electrons. The Morgan fingerprint density at radius 2 is 1.80 bits per heavy atom. The Hall–Kier alpha value is -1.95. The van der Waals surface area contributed by atoms with Gasteiger partial charge in [0.2, 0.25) is 5.62 Å². The molecule has 0 unspecified atom stereocenters. The Kier molecular flexibility index (Phi) is 5.37. The van der Waals surface area contributed by atoms with E-state index in [1.807, 2.05) is 35.8 Å². The van der Waals surface area contributed by atoms with Crippen molar-refractivity contribution >= 4 is 34.2 Å². The van der Waals surface area contributed by atoms with E-state index in [2.05, 4.69) is 0 Å². The fraction of sp³-hybridized carbons (Fsp3) is 0.278. The summed E-state index contributed by atoms with van der Waals surface area (Å²) in [6.07, 6.45) is -0.781. The predicted molar refractivity (Wildman–Crippen MR) is 99.4 cm³/mol. The second-order valence-corrected chi connectivity index (χ2v) is 6.55. The SMILES string of the molecule is CCn1c(=N)n(C[C@@H](O)COc2ccc(Cl)cc2Cl)c2ccccc21. The van der Waals surface area contributed by atoms with E-state index in [1.165, 1.54) is 0 Å². The zero-order valence-electron chi connectivity index (χ0n) is 13.7. The van der Waals surface area contributed by atoms with Gasteiger partial charge in [0, 0.05) is 11.6 Å². The summed E-state index contributed by atoms with van der Waals surface area (Å²) < 4.78 is 9.28. The summed E-state index contributed by atoms with van der Waals surface area (Å²) in [4.78, 5) is 0. The Labute approximate surface area is 155 Å². The van der Waals surface area contributed by atoms with Crippen molar-refractivity contribution < 1.29 is 9.84 Å². The fourth-order valence-corrected chi connectivity index (χ4v) is 3.30. The maximum atomic E-state index is 10.4. The van der Waals surface area contributed by atoms with Crippen LogP contribution in [0.3, 0.4) is 0 Å². The molecule has 25 heavy (non-hydrogen) atoms. The Bertz CT molecular complexity index is 949. The largest absolute Gasteiger partial charge is 0.489 e. The van der Waals surface area contributed by atoms with E-state index in [-0.39, 0.29) is 13.2 Å². The summed E-state index contributed by atoms with van der Waals surface area (Å²) in [5.41, 5.74) is 2.24. The number of nitrogens with one attached hydrogen (secondary N) is 1. The van der Waals surface area contributed by atoms with Gasteiger partial charge in [0.25, 0.3) is 0 Å². The van der Waals surface area contributed by atoms with Crippen molar-refractivity contribution in [3.8, 4) is 5.75 Å². The lowest BCUT2D eigenvalue weighted by Crippen LogP contribution is -2.31. The molecule has 2 N–H and O–H groups in total. The van der Waals surface area contributed by atoms with Crippen molar-refractivity contribution in [1.29, 1.82) is 5.41 Å². The van der Waals surface area contributed by atoms with Crippen LogP contribution in [0.2, 0.25) is 10.0 Å². The van der Waals surface area contributed by atoms with Gasteiger partial charge in [-0.2, -0.15) is 0 Å². The minimum Gasteiger partial charge on any atom is -0.489 e. The van der Waals surface area contributed by atoms with Gasteiger partial charge in [-0.3, -0.25) is 5.41 Å². The molecule has 7 heteroatoms. The monoisotopic (exact) mass is 379 g/mol. The van der Waals surface area contributed by atoms with Gasteiger partial charge in [-0.25, -0.2) is 0 Å². The van der Waals surface area contributed by atoms with Gasteiger partial charge in [-0.15, -0.1) is 0 Å². The normalized spacial score (nSPS) is 12.5. The molecule has 3 rings (SSSR count). The van der Waals surface area contributed by atoms with Crippen LogP contribution >= 0.6 is 23.2 Å². The van der Waals surface area contributed by atoms with Gasteiger partial charge in [-0.1, -0.05) is 35.3 Å². The van der Waals surface area contributed by atoms with E-state index < -0.39 is 6.10 Å². The molecular formula is C18H19Cl2N3O2. The number of hydrogen-bond donors (Lipinski definition) is 2. The number of benzene rings is 2. The van der Waals surface area contributed by atoms with Crippen LogP contribution in [0.15, 0.2) is 42.5 Å². The van der Waals surface area contributed by atoms with E-state index in [9.17, 15) is 5.11 Å². The number of aryl methyl sites for hydroxylation is 1. The number of ether oxygens (including phenoxy) is 1. The third-order valence-electron chi connectivity index (χ3n) is 4.01. The van der Waals surface area contributed by atoms with E-state index in [0.29, 0.717) is 28.0 Å². The number of nitrogens with zero attached hydrogens (tertiary/aromatic N) is 2. The van der Waals surface area contributed by atoms with Crippen molar-refractivity contribution in [3.63, 3.8) is 0 Å².